The molecule has 146 valence electrons. The van der Waals surface area contributed by atoms with Crippen LogP contribution in [-0.4, -0.2) is 41.8 Å². The van der Waals surface area contributed by atoms with Crippen LogP contribution in [0.2, 0.25) is 0 Å². The van der Waals surface area contributed by atoms with E-state index in [0.29, 0.717) is 6.61 Å². The minimum absolute atomic E-state index is 0.0169. The fourth-order valence-electron chi connectivity index (χ4n) is 3.34. The highest BCUT2D eigenvalue weighted by Gasteiger charge is 2.33. The topological polar surface area (TPSA) is 55.8 Å². The zero-order chi connectivity index (χ0) is 18.9. The van der Waals surface area contributed by atoms with Crippen LogP contribution in [0, 0.1) is 5.92 Å². The summed E-state index contributed by atoms with van der Waals surface area (Å²) in [6, 6.07) is 0.169. The molecular formula is C20H37NO4. The Hall–Kier alpha value is -1.26. The number of ether oxygens (including phenoxy) is 2. The lowest BCUT2D eigenvalue weighted by molar-refractivity contribution is -0.149. The highest BCUT2D eigenvalue weighted by Crippen LogP contribution is 2.29. The van der Waals surface area contributed by atoms with Gasteiger partial charge in [0.1, 0.15) is 5.60 Å². The molecule has 5 heteroatoms. The SMILES string of the molecule is CCCCCCN(C(=O)OC(C)(C)C)C1CCC(C(=O)OCC)CC1. The molecule has 5 nitrogen and oxygen atoms in total. The number of carbonyl (C=O) groups excluding carboxylic acids is 2. The van der Waals surface area contributed by atoms with Gasteiger partial charge in [0.25, 0.3) is 0 Å². The molecule has 0 radical (unpaired) electrons. The fourth-order valence-corrected chi connectivity index (χ4v) is 3.34. The van der Waals surface area contributed by atoms with Gasteiger partial charge in [-0.1, -0.05) is 26.2 Å². The number of unbranched alkanes of at least 4 members (excludes halogenated alkanes) is 3. The van der Waals surface area contributed by atoms with E-state index in [2.05, 4.69) is 6.92 Å². The summed E-state index contributed by atoms with van der Waals surface area (Å²) in [6.07, 6.45) is 7.56. The smallest absolute Gasteiger partial charge is 0.410 e. The third kappa shape index (κ3) is 8.10. The van der Waals surface area contributed by atoms with E-state index in [-0.39, 0.29) is 24.0 Å². The number of amides is 1. The molecule has 0 aromatic carbocycles. The van der Waals surface area contributed by atoms with Crippen LogP contribution in [0.4, 0.5) is 4.79 Å². The second-order valence-corrected chi connectivity index (χ2v) is 7.99. The zero-order valence-electron chi connectivity index (χ0n) is 16.8. The minimum Gasteiger partial charge on any atom is -0.466 e. The highest BCUT2D eigenvalue weighted by atomic mass is 16.6. The first-order valence-corrected chi connectivity index (χ1v) is 9.94. The lowest BCUT2D eigenvalue weighted by Crippen LogP contribution is -2.46. The van der Waals surface area contributed by atoms with Gasteiger partial charge in [-0.05, 0) is 59.8 Å². The molecule has 0 heterocycles. The van der Waals surface area contributed by atoms with Crippen molar-refractivity contribution < 1.29 is 19.1 Å². The predicted molar refractivity (Wildman–Crippen MR) is 99.5 cm³/mol. The Labute approximate surface area is 153 Å². The first-order chi connectivity index (χ1) is 11.8. The van der Waals surface area contributed by atoms with E-state index < -0.39 is 5.60 Å². The monoisotopic (exact) mass is 355 g/mol. The summed E-state index contributed by atoms with van der Waals surface area (Å²) in [5.74, 6) is -0.107. The van der Waals surface area contributed by atoms with Crippen molar-refractivity contribution in [3.8, 4) is 0 Å². The molecular weight excluding hydrogens is 318 g/mol. The van der Waals surface area contributed by atoms with Gasteiger partial charge in [-0.25, -0.2) is 4.79 Å². The summed E-state index contributed by atoms with van der Waals surface area (Å²) in [7, 11) is 0. The van der Waals surface area contributed by atoms with Gasteiger partial charge >= 0.3 is 12.1 Å². The van der Waals surface area contributed by atoms with Gasteiger partial charge in [0.2, 0.25) is 0 Å². The van der Waals surface area contributed by atoms with Gasteiger partial charge in [-0.3, -0.25) is 4.79 Å². The van der Waals surface area contributed by atoms with Crippen LogP contribution in [0.15, 0.2) is 0 Å². The van der Waals surface area contributed by atoms with Gasteiger partial charge in [-0.15, -0.1) is 0 Å². The van der Waals surface area contributed by atoms with Crippen LogP contribution in [-0.2, 0) is 14.3 Å². The van der Waals surface area contributed by atoms with Crippen LogP contribution in [0.1, 0.15) is 86.0 Å². The molecule has 0 unspecified atom stereocenters. The van der Waals surface area contributed by atoms with E-state index in [1.165, 1.54) is 12.8 Å². The Balaban J connectivity index is 2.63. The lowest BCUT2D eigenvalue weighted by Gasteiger charge is -2.37. The number of hydrogen-bond donors (Lipinski definition) is 0. The first kappa shape index (κ1) is 21.8. The predicted octanol–water partition coefficient (Wildman–Crippen LogP) is 4.93. The van der Waals surface area contributed by atoms with Crippen LogP contribution in [0.25, 0.3) is 0 Å². The molecule has 0 aromatic heterocycles. The summed E-state index contributed by atoms with van der Waals surface area (Å²) in [4.78, 5) is 26.5. The molecule has 1 amide bonds. The maximum atomic E-state index is 12.7. The molecule has 25 heavy (non-hydrogen) atoms. The van der Waals surface area contributed by atoms with E-state index in [9.17, 15) is 9.59 Å². The van der Waals surface area contributed by atoms with E-state index in [1.807, 2.05) is 32.6 Å². The molecule has 1 aliphatic carbocycles. The normalized spacial score (nSPS) is 20.8. The van der Waals surface area contributed by atoms with Crippen molar-refractivity contribution in [3.05, 3.63) is 0 Å². The third-order valence-electron chi connectivity index (χ3n) is 4.64. The Kier molecular flexibility index (Phi) is 9.30. The highest BCUT2D eigenvalue weighted by molar-refractivity contribution is 5.72. The Morgan fingerprint density at radius 2 is 1.64 bits per heavy atom. The average molecular weight is 356 g/mol. The van der Waals surface area contributed by atoms with Gasteiger partial charge in [0.15, 0.2) is 0 Å². The summed E-state index contributed by atoms with van der Waals surface area (Å²) < 4.78 is 10.8. The van der Waals surface area contributed by atoms with Gasteiger partial charge in [0.05, 0.1) is 12.5 Å². The lowest BCUT2D eigenvalue weighted by atomic mass is 9.85. The Morgan fingerprint density at radius 1 is 1.00 bits per heavy atom. The van der Waals surface area contributed by atoms with Gasteiger partial charge in [-0.2, -0.15) is 0 Å². The number of hydrogen-bond acceptors (Lipinski definition) is 4. The first-order valence-electron chi connectivity index (χ1n) is 9.94. The second kappa shape index (κ2) is 10.7. The quantitative estimate of drug-likeness (QED) is 0.458. The Morgan fingerprint density at radius 3 is 2.16 bits per heavy atom. The van der Waals surface area contributed by atoms with Crippen LogP contribution in [0.3, 0.4) is 0 Å². The van der Waals surface area contributed by atoms with E-state index >= 15 is 0 Å². The maximum Gasteiger partial charge on any atom is 0.410 e. The van der Waals surface area contributed by atoms with Gasteiger partial charge < -0.3 is 14.4 Å². The molecule has 0 spiro atoms. The van der Waals surface area contributed by atoms with Crippen molar-refractivity contribution in [2.75, 3.05) is 13.2 Å². The standard InChI is InChI=1S/C20H37NO4/c1-6-8-9-10-15-21(19(23)25-20(3,4)5)17-13-11-16(12-14-17)18(22)24-7-2/h16-17H,6-15H2,1-5H3. The number of esters is 1. The van der Waals surface area contributed by atoms with Crippen molar-refractivity contribution in [1.82, 2.24) is 4.90 Å². The second-order valence-electron chi connectivity index (χ2n) is 7.99. The molecule has 0 aliphatic heterocycles. The Bertz CT molecular complexity index is 408. The fraction of sp³-hybridized carbons (Fsp3) is 0.900. The molecule has 0 bridgehead atoms. The molecule has 1 aliphatic rings. The molecule has 0 atom stereocenters. The maximum absolute atomic E-state index is 12.7. The van der Waals surface area contributed by atoms with E-state index in [4.69, 9.17) is 9.47 Å². The zero-order valence-corrected chi connectivity index (χ0v) is 16.8. The molecule has 0 N–H and O–H groups in total. The summed E-state index contributed by atoms with van der Waals surface area (Å²) >= 11 is 0. The molecule has 1 rings (SSSR count). The molecule has 0 aromatic rings. The van der Waals surface area contributed by atoms with Crippen LogP contribution in [0.5, 0.6) is 0 Å². The summed E-state index contributed by atoms with van der Waals surface area (Å²) in [5.41, 5.74) is -0.485. The van der Waals surface area contributed by atoms with Crippen molar-refractivity contribution in [2.24, 2.45) is 5.92 Å². The number of carbonyl (C=O) groups is 2. The average Bonchev–Trinajstić information content (AvgIpc) is 2.53. The van der Waals surface area contributed by atoms with Crippen LogP contribution < -0.4 is 0 Å². The minimum atomic E-state index is -0.485. The molecule has 1 saturated carbocycles. The molecule has 0 saturated heterocycles. The van der Waals surface area contributed by atoms with Crippen LogP contribution >= 0.6 is 0 Å². The van der Waals surface area contributed by atoms with Crippen molar-refractivity contribution >= 4 is 12.1 Å². The van der Waals surface area contributed by atoms with E-state index in [1.54, 1.807) is 0 Å². The number of rotatable bonds is 8. The molecule has 1 fully saturated rings. The van der Waals surface area contributed by atoms with Crippen molar-refractivity contribution in [1.29, 1.82) is 0 Å². The van der Waals surface area contributed by atoms with Crippen molar-refractivity contribution in [3.63, 3.8) is 0 Å². The summed E-state index contributed by atoms with van der Waals surface area (Å²) in [5, 5.41) is 0. The van der Waals surface area contributed by atoms with Crippen molar-refractivity contribution in [2.45, 2.75) is 97.6 Å². The largest absolute Gasteiger partial charge is 0.466 e. The number of nitrogens with zero attached hydrogens (tertiary/aromatic N) is 1. The van der Waals surface area contributed by atoms with E-state index in [0.717, 1.165) is 45.1 Å². The van der Waals surface area contributed by atoms with Gasteiger partial charge in [0, 0.05) is 12.6 Å². The third-order valence-corrected chi connectivity index (χ3v) is 4.64. The summed E-state index contributed by atoms with van der Waals surface area (Å²) in [6.45, 7) is 10.9.